The maximum Gasteiger partial charge on any atom is 0.416 e. The van der Waals surface area contributed by atoms with Crippen LogP contribution in [0.5, 0.6) is 0 Å². The Morgan fingerprint density at radius 3 is 2.36 bits per heavy atom. The summed E-state index contributed by atoms with van der Waals surface area (Å²) in [5.74, 6) is -2.30. The van der Waals surface area contributed by atoms with Gasteiger partial charge >= 0.3 is 6.18 Å². The highest BCUT2D eigenvalue weighted by Gasteiger charge is 2.60. The van der Waals surface area contributed by atoms with Crippen LogP contribution in [-0.2, 0) is 20.6 Å². The molecule has 0 N–H and O–H groups in total. The molecule has 6 nitrogen and oxygen atoms in total. The molecule has 3 heterocycles. The highest BCUT2D eigenvalue weighted by Crippen LogP contribution is 2.47. The minimum Gasteiger partial charge on any atom is -0.273 e. The Labute approximate surface area is 194 Å². The van der Waals surface area contributed by atoms with E-state index >= 15 is 0 Å². The van der Waals surface area contributed by atoms with Gasteiger partial charge in [-0.1, -0.05) is 28.1 Å². The monoisotopic (exact) mass is 517 g/mol. The molecule has 10 heteroatoms. The molecule has 2 saturated heterocycles. The lowest BCUT2D eigenvalue weighted by molar-refractivity contribution is -0.137. The van der Waals surface area contributed by atoms with Crippen LogP contribution in [0.2, 0.25) is 0 Å². The number of pyridine rings is 1. The Bertz CT molecular complexity index is 1220. The second-order valence-corrected chi connectivity index (χ2v) is 8.56. The van der Waals surface area contributed by atoms with E-state index in [0.29, 0.717) is 11.3 Å². The first-order chi connectivity index (χ1) is 15.8. The predicted molar refractivity (Wildman–Crippen MR) is 116 cm³/mol. The number of amides is 2. The van der Waals surface area contributed by atoms with Gasteiger partial charge in [0.1, 0.15) is 5.92 Å². The van der Waals surface area contributed by atoms with Crippen LogP contribution in [0.15, 0.2) is 77.5 Å². The van der Waals surface area contributed by atoms with E-state index in [4.69, 9.17) is 4.84 Å². The van der Waals surface area contributed by atoms with E-state index in [1.807, 2.05) is 0 Å². The lowest BCUT2D eigenvalue weighted by Crippen LogP contribution is -2.37. The molecule has 0 unspecified atom stereocenters. The first kappa shape index (κ1) is 21.6. The third kappa shape index (κ3) is 3.68. The van der Waals surface area contributed by atoms with Crippen LogP contribution in [0.3, 0.4) is 0 Å². The van der Waals surface area contributed by atoms with E-state index in [0.717, 1.165) is 21.5 Å². The molecule has 2 aliphatic rings. The van der Waals surface area contributed by atoms with E-state index in [1.165, 1.54) is 17.2 Å². The molecular weight excluding hydrogens is 503 g/mol. The molecule has 3 atom stereocenters. The summed E-state index contributed by atoms with van der Waals surface area (Å²) in [6.45, 7) is 0. The fourth-order valence-corrected chi connectivity index (χ4v) is 4.46. The van der Waals surface area contributed by atoms with Gasteiger partial charge in [0, 0.05) is 16.9 Å². The summed E-state index contributed by atoms with van der Waals surface area (Å²) in [6.07, 6.45) is -2.63. The molecule has 3 aromatic rings. The van der Waals surface area contributed by atoms with E-state index in [-0.39, 0.29) is 5.69 Å². The van der Waals surface area contributed by atoms with Gasteiger partial charge in [0.05, 0.1) is 23.0 Å². The number of hydrogen-bond donors (Lipinski definition) is 0. The van der Waals surface area contributed by atoms with Crippen LogP contribution in [0.4, 0.5) is 24.5 Å². The second-order valence-electron chi connectivity index (χ2n) is 7.65. The van der Waals surface area contributed by atoms with Crippen LogP contribution < -0.4 is 9.96 Å². The SMILES string of the molecule is O=C1[C@H]2[C@@H](ON(c3ccc(Br)cc3)[C@H]2c2cccnc2)C(=O)N1c1cccc(C(F)(F)F)c1. The minimum atomic E-state index is -4.61. The van der Waals surface area contributed by atoms with Crippen molar-refractivity contribution in [2.75, 3.05) is 9.96 Å². The Morgan fingerprint density at radius 2 is 1.70 bits per heavy atom. The van der Waals surface area contributed by atoms with Gasteiger partial charge in [-0.05, 0) is 54.1 Å². The number of aromatic nitrogens is 1. The molecule has 5 rings (SSSR count). The van der Waals surface area contributed by atoms with Crippen molar-refractivity contribution in [2.24, 2.45) is 5.92 Å². The zero-order valence-corrected chi connectivity index (χ0v) is 18.3. The molecule has 0 bridgehead atoms. The van der Waals surface area contributed by atoms with Gasteiger partial charge in [0.25, 0.3) is 5.91 Å². The Balaban J connectivity index is 1.56. The number of anilines is 2. The summed E-state index contributed by atoms with van der Waals surface area (Å²) >= 11 is 3.37. The minimum absolute atomic E-state index is 0.141. The van der Waals surface area contributed by atoms with Gasteiger partial charge in [-0.15, -0.1) is 0 Å². The van der Waals surface area contributed by atoms with E-state index in [9.17, 15) is 22.8 Å². The number of carbonyl (C=O) groups excluding carboxylic acids is 2. The lowest BCUT2D eigenvalue weighted by atomic mass is 9.91. The van der Waals surface area contributed by atoms with Crippen molar-refractivity contribution in [1.29, 1.82) is 0 Å². The molecule has 2 aliphatic heterocycles. The normalized spacial score (nSPS) is 22.7. The molecule has 0 aliphatic carbocycles. The van der Waals surface area contributed by atoms with E-state index < -0.39 is 41.6 Å². The summed E-state index contributed by atoms with van der Waals surface area (Å²) in [5.41, 5.74) is 0.171. The number of nitrogens with zero attached hydrogens (tertiary/aromatic N) is 3. The molecule has 0 radical (unpaired) electrons. The first-order valence-electron chi connectivity index (χ1n) is 9.92. The molecule has 33 heavy (non-hydrogen) atoms. The smallest absolute Gasteiger partial charge is 0.273 e. The Hall–Kier alpha value is -3.24. The zero-order chi connectivity index (χ0) is 23.3. The van der Waals surface area contributed by atoms with Gasteiger partial charge < -0.3 is 0 Å². The number of carbonyl (C=O) groups is 2. The number of alkyl halides is 3. The number of fused-ring (bicyclic) bond motifs is 1. The van der Waals surface area contributed by atoms with Crippen molar-refractivity contribution in [1.82, 2.24) is 4.98 Å². The second kappa shape index (κ2) is 7.96. The molecule has 1 aromatic heterocycles. The van der Waals surface area contributed by atoms with E-state index in [1.54, 1.807) is 48.8 Å². The van der Waals surface area contributed by atoms with Crippen molar-refractivity contribution in [2.45, 2.75) is 18.3 Å². The summed E-state index contributed by atoms with van der Waals surface area (Å²) in [4.78, 5) is 37.6. The maximum atomic E-state index is 13.5. The van der Waals surface area contributed by atoms with Crippen molar-refractivity contribution < 1.29 is 27.6 Å². The molecule has 2 fully saturated rings. The highest BCUT2D eigenvalue weighted by atomic mass is 79.9. The molecule has 2 amide bonds. The van der Waals surface area contributed by atoms with Gasteiger partial charge in [0.15, 0.2) is 6.10 Å². The van der Waals surface area contributed by atoms with Crippen molar-refractivity contribution in [3.63, 3.8) is 0 Å². The van der Waals surface area contributed by atoms with Crippen molar-refractivity contribution >= 4 is 39.1 Å². The summed E-state index contributed by atoms with van der Waals surface area (Å²) < 4.78 is 40.4. The number of benzene rings is 2. The fourth-order valence-electron chi connectivity index (χ4n) is 4.19. The summed E-state index contributed by atoms with van der Waals surface area (Å²) in [7, 11) is 0. The van der Waals surface area contributed by atoms with Crippen LogP contribution >= 0.6 is 15.9 Å². The summed E-state index contributed by atoms with van der Waals surface area (Å²) in [5, 5.41) is 1.50. The average molecular weight is 518 g/mol. The number of rotatable bonds is 3. The van der Waals surface area contributed by atoms with Crippen molar-refractivity contribution in [3.05, 3.63) is 88.7 Å². The lowest BCUT2D eigenvalue weighted by Gasteiger charge is -2.28. The van der Waals surface area contributed by atoms with Gasteiger partial charge in [-0.3, -0.25) is 19.4 Å². The predicted octanol–water partition coefficient (Wildman–Crippen LogP) is 4.91. The number of hydrogen-bond acceptors (Lipinski definition) is 5. The molecule has 2 aromatic carbocycles. The van der Waals surface area contributed by atoms with Gasteiger partial charge in [0.2, 0.25) is 5.91 Å². The molecule has 0 spiro atoms. The van der Waals surface area contributed by atoms with E-state index in [2.05, 4.69) is 20.9 Å². The van der Waals surface area contributed by atoms with Crippen LogP contribution in [0.25, 0.3) is 0 Å². The fraction of sp³-hybridized carbons (Fsp3) is 0.174. The topological polar surface area (TPSA) is 62.7 Å². The third-order valence-electron chi connectivity index (χ3n) is 5.65. The van der Waals surface area contributed by atoms with Crippen molar-refractivity contribution in [3.8, 4) is 0 Å². The largest absolute Gasteiger partial charge is 0.416 e. The Kier molecular flexibility index (Phi) is 5.21. The van der Waals surface area contributed by atoms with Gasteiger partial charge in [-0.2, -0.15) is 13.2 Å². The van der Waals surface area contributed by atoms with Crippen LogP contribution in [-0.4, -0.2) is 22.9 Å². The van der Waals surface area contributed by atoms with Crippen LogP contribution in [0.1, 0.15) is 17.2 Å². The number of hydroxylamine groups is 1. The molecule has 0 saturated carbocycles. The van der Waals surface area contributed by atoms with Crippen LogP contribution in [0, 0.1) is 5.92 Å². The Morgan fingerprint density at radius 1 is 0.939 bits per heavy atom. The quantitative estimate of drug-likeness (QED) is 0.461. The molecular formula is C23H15BrF3N3O3. The third-order valence-corrected chi connectivity index (χ3v) is 6.18. The first-order valence-corrected chi connectivity index (χ1v) is 10.7. The number of halogens is 4. The van der Waals surface area contributed by atoms with Gasteiger partial charge in [-0.25, -0.2) is 9.96 Å². The maximum absolute atomic E-state index is 13.5. The number of imide groups is 1. The average Bonchev–Trinajstić information content (AvgIpc) is 3.30. The standard InChI is InChI=1S/C23H15BrF3N3O3/c24-15-6-8-16(9-7-15)30-19(13-3-2-10-28-12-13)18-20(33-30)22(32)29(21(18)31)17-5-1-4-14(11-17)23(25,26)27/h1-12,18-20H/t18-,19+,20-/m1/s1. The molecule has 168 valence electrons. The summed E-state index contributed by atoms with van der Waals surface area (Å²) in [6, 6.07) is 14.1. The highest BCUT2D eigenvalue weighted by molar-refractivity contribution is 9.10. The zero-order valence-electron chi connectivity index (χ0n) is 16.7.